The van der Waals surface area contributed by atoms with Gasteiger partial charge in [0.15, 0.2) is 24.7 Å². The van der Waals surface area contributed by atoms with Crippen molar-refractivity contribution >= 4 is 0 Å². The second-order valence-corrected chi connectivity index (χ2v) is 23.4. The van der Waals surface area contributed by atoms with Gasteiger partial charge >= 0.3 is 0 Å². The van der Waals surface area contributed by atoms with Gasteiger partial charge in [-0.1, -0.05) is 39.3 Å². The molecule has 9 aliphatic rings. The van der Waals surface area contributed by atoms with E-state index in [9.17, 15) is 51.1 Å². The van der Waals surface area contributed by atoms with E-state index in [1.807, 2.05) is 6.92 Å². The molecule has 0 radical (unpaired) electrons. The Morgan fingerprint density at radius 2 is 1.29 bits per heavy atom. The van der Waals surface area contributed by atoms with Gasteiger partial charge in [0.1, 0.15) is 67.1 Å². The maximum atomic E-state index is 12.2. The molecule has 66 heavy (non-hydrogen) atoms. The van der Waals surface area contributed by atoms with Crippen LogP contribution < -0.4 is 0 Å². The molecule has 0 aromatic heterocycles. The van der Waals surface area contributed by atoms with Crippen LogP contribution in [0.2, 0.25) is 0 Å². The summed E-state index contributed by atoms with van der Waals surface area (Å²) in [4.78, 5) is 0. The van der Waals surface area contributed by atoms with Crippen molar-refractivity contribution in [3.8, 4) is 0 Å². The van der Waals surface area contributed by atoms with E-state index in [1.54, 1.807) is 0 Å². The van der Waals surface area contributed by atoms with Crippen LogP contribution in [0.15, 0.2) is 11.6 Å². The first kappa shape index (κ1) is 50.0. The molecule has 26 atom stereocenters. The summed E-state index contributed by atoms with van der Waals surface area (Å²) >= 11 is 0. The Balaban J connectivity index is 0.996. The maximum absolute atomic E-state index is 12.2. The summed E-state index contributed by atoms with van der Waals surface area (Å²) < 4.78 is 51.2. The van der Waals surface area contributed by atoms with Gasteiger partial charge in [0.05, 0.1) is 43.7 Å². The molecule has 5 heterocycles. The third-order valence-electron chi connectivity index (χ3n) is 19.1. The zero-order valence-electron chi connectivity index (χ0n) is 39.7. The lowest BCUT2D eigenvalue weighted by Crippen LogP contribution is -2.68. The number of aliphatic hydroxyl groups is 10. The first-order valence-corrected chi connectivity index (χ1v) is 24.5. The molecule has 9 rings (SSSR count). The molecule has 10 N–H and O–H groups in total. The van der Waals surface area contributed by atoms with Gasteiger partial charge in [-0.15, -0.1) is 0 Å². The van der Waals surface area contributed by atoms with Crippen LogP contribution in [0.3, 0.4) is 0 Å². The second-order valence-electron chi connectivity index (χ2n) is 23.4. The number of fused-ring (bicyclic) bond motifs is 4. The topological polar surface area (TPSA) is 276 Å². The summed E-state index contributed by atoms with van der Waals surface area (Å²) in [5.41, 5.74) is -0.685. The fourth-order valence-corrected chi connectivity index (χ4v) is 16.0. The Kier molecular flexibility index (Phi) is 13.1. The van der Waals surface area contributed by atoms with Gasteiger partial charge < -0.3 is 89.0 Å². The first-order chi connectivity index (χ1) is 30.9. The van der Waals surface area contributed by atoms with Gasteiger partial charge in [0, 0.05) is 24.2 Å². The summed E-state index contributed by atoms with van der Waals surface area (Å²) in [7, 11) is 0. The summed E-state index contributed by atoms with van der Waals surface area (Å²) in [6.07, 6.45) is -15.6. The Hall–Kier alpha value is -0.980. The molecule has 5 saturated heterocycles. The van der Waals surface area contributed by atoms with Crippen LogP contribution in [-0.4, -0.2) is 187 Å². The molecule has 4 aliphatic carbocycles. The fraction of sp³-hybridized carbons (Fsp3) is 0.958. The molecule has 18 nitrogen and oxygen atoms in total. The van der Waals surface area contributed by atoms with Gasteiger partial charge in [-0.3, -0.25) is 0 Å². The van der Waals surface area contributed by atoms with Gasteiger partial charge in [-0.2, -0.15) is 0 Å². The fourth-order valence-electron chi connectivity index (χ4n) is 16.0. The quantitative estimate of drug-likeness (QED) is 0.110. The molecule has 2 bridgehead atoms. The molecular formula is C48H78O18. The molecule has 8 unspecified atom stereocenters. The smallest absolute Gasteiger partial charge is 0.187 e. The van der Waals surface area contributed by atoms with Crippen molar-refractivity contribution < 1.29 is 89.0 Å². The normalized spacial score (nSPS) is 57.6. The second kappa shape index (κ2) is 17.4. The van der Waals surface area contributed by atoms with E-state index in [0.717, 1.165) is 44.1 Å². The van der Waals surface area contributed by atoms with Crippen molar-refractivity contribution in [2.24, 2.45) is 45.3 Å². The zero-order valence-corrected chi connectivity index (χ0v) is 39.7. The average Bonchev–Trinajstić information content (AvgIpc) is 3.77. The van der Waals surface area contributed by atoms with E-state index in [0.29, 0.717) is 25.4 Å². The summed E-state index contributed by atoms with van der Waals surface area (Å²) in [6.45, 7) is 16.1. The molecule has 0 aromatic rings. The Morgan fingerprint density at radius 1 is 0.667 bits per heavy atom. The standard InChI is InChI=1S/C48H78O18/c1-21(2)15-23-16-46(8,58)39-24-9-10-28-44(6)13-12-29(43(4,5)27(44)11-14-45(28,7)47(24)19-48(39,66-23)59-20-47)63-42-38(65-40-35(56)33(54)30(51)22(3)60-40)37(32(53)26(18-50)62-42)64-41-36(57)34(55)31(52)25(17-49)61-41/h15,22-42,49-58H,9-14,16-20H2,1-8H3/t22-,23?,24+,25+,26+,27?,28?,29-,30-,31+,32+,33+,34-,35+,36+,37-,38+,39?,40-,41-,42-,44-,45?,46?,47?,48?/m0/s1. The first-order valence-electron chi connectivity index (χ1n) is 24.5. The highest BCUT2D eigenvalue weighted by Crippen LogP contribution is 2.80. The van der Waals surface area contributed by atoms with Gasteiger partial charge in [0.2, 0.25) is 0 Å². The summed E-state index contributed by atoms with van der Waals surface area (Å²) in [5, 5.41) is 109. The molecule has 5 aliphatic heterocycles. The van der Waals surface area contributed by atoms with Crippen molar-refractivity contribution in [3.05, 3.63) is 11.6 Å². The molecule has 0 amide bonds. The third-order valence-corrected chi connectivity index (χ3v) is 19.1. The van der Waals surface area contributed by atoms with Crippen LogP contribution in [0.4, 0.5) is 0 Å². The number of rotatable bonds is 9. The van der Waals surface area contributed by atoms with Crippen molar-refractivity contribution in [1.29, 1.82) is 0 Å². The number of aliphatic hydroxyl groups excluding tert-OH is 9. The minimum Gasteiger partial charge on any atom is -0.394 e. The zero-order chi connectivity index (χ0) is 47.8. The van der Waals surface area contributed by atoms with Crippen molar-refractivity contribution in [3.63, 3.8) is 0 Å². The van der Waals surface area contributed by atoms with E-state index >= 15 is 0 Å². The monoisotopic (exact) mass is 943 g/mol. The van der Waals surface area contributed by atoms with Crippen molar-refractivity contribution in [2.75, 3.05) is 19.8 Å². The van der Waals surface area contributed by atoms with Crippen LogP contribution in [0, 0.1) is 45.3 Å². The van der Waals surface area contributed by atoms with Crippen molar-refractivity contribution in [1.82, 2.24) is 0 Å². The van der Waals surface area contributed by atoms with Crippen LogP contribution in [-0.2, 0) is 37.9 Å². The molecule has 0 aromatic carbocycles. The molecule has 9 fully saturated rings. The number of allylic oxidation sites excluding steroid dienone is 1. The number of ether oxygens (including phenoxy) is 8. The lowest BCUT2D eigenvalue weighted by Gasteiger charge is -2.70. The summed E-state index contributed by atoms with van der Waals surface area (Å²) in [5.74, 6) is -0.197. The largest absolute Gasteiger partial charge is 0.394 e. The van der Waals surface area contributed by atoms with Gasteiger partial charge in [-0.25, -0.2) is 0 Å². The number of hydrogen-bond acceptors (Lipinski definition) is 18. The predicted octanol–water partition coefficient (Wildman–Crippen LogP) is 0.355. The van der Waals surface area contributed by atoms with E-state index < -0.39 is 128 Å². The lowest BCUT2D eigenvalue weighted by molar-refractivity contribution is -0.398. The SMILES string of the molecule is CC(C)=CC1CC(C)(O)C2[C@H]3CCC4C(C)(CCC5C(C)(C)[C@@H](O[C@@H]6O[C@H](CO)[C@@H](O)[C@H](O[C@@H]7O[C@H](CO)[C@@H](O)[C@H](O)[C@H]7O)[C@H]6O[C@@H]6O[C@@H](C)[C@H](O)[C@@H](O)[C@H]6O)CC[C@@]54C)C34COC2(C4)O1. The van der Waals surface area contributed by atoms with Gasteiger partial charge in [0.25, 0.3) is 0 Å². The molecular weight excluding hydrogens is 865 g/mol. The maximum Gasteiger partial charge on any atom is 0.187 e. The Bertz CT molecular complexity index is 1790. The van der Waals surface area contributed by atoms with E-state index in [4.69, 9.17) is 37.9 Å². The highest BCUT2D eigenvalue weighted by atomic mass is 16.8. The van der Waals surface area contributed by atoms with Crippen LogP contribution in [0.5, 0.6) is 0 Å². The van der Waals surface area contributed by atoms with E-state index in [1.165, 1.54) is 6.92 Å². The summed E-state index contributed by atoms with van der Waals surface area (Å²) in [6, 6.07) is 0. The van der Waals surface area contributed by atoms with Crippen LogP contribution in [0.25, 0.3) is 0 Å². The van der Waals surface area contributed by atoms with Crippen LogP contribution in [0.1, 0.15) is 107 Å². The lowest BCUT2D eigenvalue weighted by atomic mass is 9.35. The minimum absolute atomic E-state index is 0.0990. The predicted molar refractivity (Wildman–Crippen MR) is 229 cm³/mol. The number of hydrogen-bond donors (Lipinski definition) is 10. The Morgan fingerprint density at radius 3 is 1.95 bits per heavy atom. The molecule has 2 spiro atoms. The highest BCUT2D eigenvalue weighted by Gasteiger charge is 2.81. The van der Waals surface area contributed by atoms with Crippen molar-refractivity contribution in [2.45, 2.75) is 222 Å². The molecule has 4 saturated carbocycles. The van der Waals surface area contributed by atoms with E-state index in [-0.39, 0.29) is 40.1 Å². The molecule has 18 heteroatoms. The Labute approximate surface area is 387 Å². The van der Waals surface area contributed by atoms with Gasteiger partial charge in [-0.05, 0) is 100 Å². The third kappa shape index (κ3) is 7.48. The minimum atomic E-state index is -1.87. The van der Waals surface area contributed by atoms with Crippen LogP contribution >= 0.6 is 0 Å². The van der Waals surface area contributed by atoms with E-state index in [2.05, 4.69) is 47.6 Å². The average molecular weight is 943 g/mol. The highest BCUT2D eigenvalue weighted by molar-refractivity contribution is 5.26. The molecule has 378 valence electrons.